The summed E-state index contributed by atoms with van der Waals surface area (Å²) in [5.74, 6) is 0. The van der Waals surface area contributed by atoms with E-state index in [1.54, 1.807) is 0 Å². The molecule has 5 nitrogen and oxygen atoms in total. The van der Waals surface area contributed by atoms with Crippen molar-refractivity contribution in [2.24, 2.45) is 5.16 Å². The molecule has 0 saturated carbocycles. The molecule has 3 rings (SSSR count). The van der Waals surface area contributed by atoms with Gasteiger partial charge in [-0.25, -0.2) is 0 Å². The summed E-state index contributed by atoms with van der Waals surface area (Å²) < 4.78 is 11.1. The molecule has 25 heavy (non-hydrogen) atoms. The Morgan fingerprint density at radius 3 is 2.76 bits per heavy atom. The van der Waals surface area contributed by atoms with E-state index in [2.05, 4.69) is 10.1 Å². The predicted molar refractivity (Wildman–Crippen MR) is 97.4 cm³/mol. The van der Waals surface area contributed by atoms with E-state index in [-0.39, 0.29) is 6.29 Å². The molecule has 0 aliphatic carbocycles. The third-order valence-electron chi connectivity index (χ3n) is 4.07. The third kappa shape index (κ3) is 5.37. The number of ether oxygens (including phenoxy) is 2. The van der Waals surface area contributed by atoms with E-state index >= 15 is 0 Å². The van der Waals surface area contributed by atoms with Gasteiger partial charge in [-0.05, 0) is 38.3 Å². The van der Waals surface area contributed by atoms with E-state index in [1.165, 1.54) is 0 Å². The van der Waals surface area contributed by atoms with Crippen LogP contribution in [0.2, 0.25) is 0 Å². The first-order chi connectivity index (χ1) is 12.3. The SMILES string of the molecule is CC(=NOCCOC1CCCCO1)c1ccc(-c2ccccc2)nc1. The predicted octanol–water partition coefficient (Wildman–Crippen LogP) is 4.03. The van der Waals surface area contributed by atoms with Crippen molar-refractivity contribution in [2.45, 2.75) is 32.5 Å². The summed E-state index contributed by atoms with van der Waals surface area (Å²) in [6.07, 6.45) is 4.97. The van der Waals surface area contributed by atoms with E-state index in [9.17, 15) is 0 Å². The van der Waals surface area contributed by atoms with Gasteiger partial charge in [0.2, 0.25) is 0 Å². The summed E-state index contributed by atoms with van der Waals surface area (Å²) in [4.78, 5) is 9.83. The molecule has 2 aromatic rings. The van der Waals surface area contributed by atoms with Gasteiger partial charge in [0, 0.05) is 23.9 Å². The average Bonchev–Trinajstić information content (AvgIpc) is 2.69. The van der Waals surface area contributed by atoms with E-state index in [0.29, 0.717) is 13.2 Å². The van der Waals surface area contributed by atoms with Crippen LogP contribution in [-0.2, 0) is 14.3 Å². The zero-order valence-corrected chi connectivity index (χ0v) is 14.6. The Kier molecular flexibility index (Phi) is 6.54. The fraction of sp³-hybridized carbons (Fsp3) is 0.400. The third-order valence-corrected chi connectivity index (χ3v) is 4.07. The molecule has 0 spiro atoms. The molecule has 0 amide bonds. The number of aromatic nitrogens is 1. The van der Waals surface area contributed by atoms with Crippen LogP contribution in [0.1, 0.15) is 31.7 Å². The van der Waals surface area contributed by atoms with Crippen LogP contribution in [0.15, 0.2) is 53.8 Å². The van der Waals surface area contributed by atoms with Gasteiger partial charge < -0.3 is 14.3 Å². The van der Waals surface area contributed by atoms with Crippen molar-refractivity contribution in [2.75, 3.05) is 19.8 Å². The van der Waals surface area contributed by atoms with Crippen LogP contribution in [0, 0.1) is 0 Å². The van der Waals surface area contributed by atoms with Crippen molar-refractivity contribution in [3.63, 3.8) is 0 Å². The average molecular weight is 340 g/mol. The normalized spacial score (nSPS) is 18.1. The zero-order chi connectivity index (χ0) is 17.3. The smallest absolute Gasteiger partial charge is 0.157 e. The quantitative estimate of drug-likeness (QED) is 0.434. The minimum atomic E-state index is -0.0860. The first kappa shape index (κ1) is 17.6. The summed E-state index contributed by atoms with van der Waals surface area (Å²) in [7, 11) is 0. The Hall–Kier alpha value is -2.24. The molecule has 132 valence electrons. The molecule has 0 radical (unpaired) electrons. The molecule has 1 fully saturated rings. The topological polar surface area (TPSA) is 52.9 Å². The van der Waals surface area contributed by atoms with Crippen LogP contribution >= 0.6 is 0 Å². The first-order valence-corrected chi connectivity index (χ1v) is 8.74. The van der Waals surface area contributed by atoms with Gasteiger partial charge in [0.05, 0.1) is 18.0 Å². The van der Waals surface area contributed by atoms with Gasteiger partial charge in [-0.2, -0.15) is 0 Å². The zero-order valence-electron chi connectivity index (χ0n) is 14.6. The molecule has 0 N–H and O–H groups in total. The van der Waals surface area contributed by atoms with Gasteiger partial charge in [-0.3, -0.25) is 4.98 Å². The highest BCUT2D eigenvalue weighted by Crippen LogP contribution is 2.16. The van der Waals surface area contributed by atoms with Gasteiger partial charge in [0.1, 0.15) is 6.61 Å². The van der Waals surface area contributed by atoms with Crippen molar-refractivity contribution in [1.29, 1.82) is 0 Å². The van der Waals surface area contributed by atoms with E-state index in [0.717, 1.165) is 48.4 Å². The number of hydrogen-bond acceptors (Lipinski definition) is 5. The molecule has 1 unspecified atom stereocenters. The van der Waals surface area contributed by atoms with E-state index < -0.39 is 0 Å². The highest BCUT2D eigenvalue weighted by Gasteiger charge is 2.13. The fourth-order valence-corrected chi connectivity index (χ4v) is 2.64. The second-order valence-corrected chi connectivity index (χ2v) is 5.97. The van der Waals surface area contributed by atoms with Crippen molar-refractivity contribution in [1.82, 2.24) is 4.98 Å². The van der Waals surface area contributed by atoms with Crippen LogP contribution in [0.25, 0.3) is 11.3 Å². The lowest BCUT2D eigenvalue weighted by Gasteiger charge is -2.22. The highest BCUT2D eigenvalue weighted by atomic mass is 16.7. The van der Waals surface area contributed by atoms with Gasteiger partial charge in [-0.15, -0.1) is 0 Å². The fourth-order valence-electron chi connectivity index (χ4n) is 2.64. The minimum Gasteiger partial charge on any atom is -0.393 e. The molecule has 1 aliphatic rings. The van der Waals surface area contributed by atoms with Crippen LogP contribution in [-0.4, -0.2) is 36.8 Å². The van der Waals surface area contributed by atoms with Crippen molar-refractivity contribution < 1.29 is 14.3 Å². The molecular formula is C20H24N2O3. The summed E-state index contributed by atoms with van der Waals surface area (Å²) in [5, 5.41) is 4.14. The second kappa shape index (κ2) is 9.30. The number of rotatable bonds is 7. The van der Waals surface area contributed by atoms with Gasteiger partial charge in [0.15, 0.2) is 6.29 Å². The maximum Gasteiger partial charge on any atom is 0.157 e. The Morgan fingerprint density at radius 2 is 2.04 bits per heavy atom. The molecule has 5 heteroatoms. The first-order valence-electron chi connectivity index (χ1n) is 8.74. The molecule has 1 saturated heterocycles. The lowest BCUT2D eigenvalue weighted by Crippen LogP contribution is -2.23. The van der Waals surface area contributed by atoms with Crippen LogP contribution in [0.4, 0.5) is 0 Å². The van der Waals surface area contributed by atoms with Gasteiger partial charge in [0.25, 0.3) is 0 Å². The molecule has 2 heterocycles. The molecule has 1 aromatic carbocycles. The Morgan fingerprint density at radius 1 is 1.16 bits per heavy atom. The lowest BCUT2D eigenvalue weighted by molar-refractivity contribution is -0.169. The highest BCUT2D eigenvalue weighted by molar-refractivity contribution is 5.98. The number of nitrogens with zero attached hydrogens (tertiary/aromatic N) is 2. The molecule has 1 atom stereocenters. The van der Waals surface area contributed by atoms with Crippen molar-refractivity contribution in [3.05, 3.63) is 54.2 Å². The summed E-state index contributed by atoms with van der Waals surface area (Å²) in [6, 6.07) is 14.1. The number of benzene rings is 1. The minimum absolute atomic E-state index is 0.0860. The van der Waals surface area contributed by atoms with Crippen molar-refractivity contribution in [3.8, 4) is 11.3 Å². The maximum atomic E-state index is 5.61. The second-order valence-electron chi connectivity index (χ2n) is 5.97. The molecular weight excluding hydrogens is 316 g/mol. The molecule has 1 aromatic heterocycles. The van der Waals surface area contributed by atoms with Crippen LogP contribution < -0.4 is 0 Å². The largest absolute Gasteiger partial charge is 0.393 e. The Labute approximate surface area is 148 Å². The van der Waals surface area contributed by atoms with Crippen LogP contribution in [0.3, 0.4) is 0 Å². The lowest BCUT2D eigenvalue weighted by atomic mass is 10.1. The summed E-state index contributed by atoms with van der Waals surface area (Å²) in [5.41, 5.74) is 3.78. The van der Waals surface area contributed by atoms with E-state index in [4.69, 9.17) is 14.3 Å². The molecule has 1 aliphatic heterocycles. The number of hydrogen-bond donors (Lipinski definition) is 0. The molecule has 0 bridgehead atoms. The van der Waals surface area contributed by atoms with Crippen molar-refractivity contribution >= 4 is 5.71 Å². The number of pyridine rings is 1. The Balaban J connectivity index is 1.45. The summed E-state index contributed by atoms with van der Waals surface area (Å²) in [6.45, 7) is 3.58. The monoisotopic (exact) mass is 340 g/mol. The van der Waals surface area contributed by atoms with Gasteiger partial charge in [-0.1, -0.05) is 35.5 Å². The van der Waals surface area contributed by atoms with Gasteiger partial charge >= 0.3 is 0 Å². The van der Waals surface area contributed by atoms with E-state index in [1.807, 2.05) is 55.6 Å². The van der Waals surface area contributed by atoms with Crippen LogP contribution in [0.5, 0.6) is 0 Å². The maximum absolute atomic E-state index is 5.61. The summed E-state index contributed by atoms with van der Waals surface area (Å²) >= 11 is 0. The standard InChI is InChI=1S/C20H24N2O3/c1-16(22-25-14-13-24-20-9-5-6-12-23-20)18-10-11-19(21-15-18)17-7-3-2-4-8-17/h2-4,7-8,10-11,15,20H,5-6,9,12-14H2,1H3. The number of oxime groups is 1. The Bertz CT molecular complexity index is 665.